The van der Waals surface area contributed by atoms with Crippen LogP contribution in [0.1, 0.15) is 18.9 Å². The lowest BCUT2D eigenvalue weighted by molar-refractivity contribution is -0.384. The molecule has 0 spiro atoms. The molecule has 0 aliphatic carbocycles. The van der Waals surface area contributed by atoms with Crippen molar-refractivity contribution in [1.82, 2.24) is 9.97 Å². The summed E-state index contributed by atoms with van der Waals surface area (Å²) in [6.45, 7) is 2.08. The Labute approximate surface area is 115 Å². The van der Waals surface area contributed by atoms with Crippen LogP contribution in [0.15, 0.2) is 30.5 Å². The summed E-state index contributed by atoms with van der Waals surface area (Å²) >= 11 is 5.73. The lowest BCUT2D eigenvalue weighted by atomic mass is 10.0. The van der Waals surface area contributed by atoms with Crippen LogP contribution in [0, 0.1) is 10.1 Å². The molecular weight excluding hydrogens is 266 g/mol. The highest BCUT2D eigenvalue weighted by molar-refractivity contribution is 6.28. The van der Waals surface area contributed by atoms with Gasteiger partial charge in [0.2, 0.25) is 5.28 Å². The molecule has 2 rings (SSSR count). The van der Waals surface area contributed by atoms with Crippen LogP contribution in [0.4, 0.5) is 5.69 Å². The van der Waals surface area contributed by atoms with Crippen LogP contribution in [0.25, 0.3) is 11.3 Å². The highest BCUT2D eigenvalue weighted by Gasteiger charge is 2.18. The number of hydrogen-bond donors (Lipinski definition) is 0. The van der Waals surface area contributed by atoms with Crippen molar-refractivity contribution in [3.8, 4) is 11.3 Å². The van der Waals surface area contributed by atoms with Crippen molar-refractivity contribution in [2.24, 2.45) is 0 Å². The van der Waals surface area contributed by atoms with Gasteiger partial charge >= 0.3 is 5.69 Å². The molecule has 98 valence electrons. The smallest absolute Gasteiger partial charge is 0.258 e. The average molecular weight is 278 g/mol. The summed E-state index contributed by atoms with van der Waals surface area (Å²) in [6.07, 6.45) is 3.06. The first-order valence-electron chi connectivity index (χ1n) is 5.88. The molecule has 0 saturated heterocycles. The van der Waals surface area contributed by atoms with Crippen LogP contribution in [-0.4, -0.2) is 14.9 Å². The van der Waals surface area contributed by atoms with E-state index in [9.17, 15) is 10.1 Å². The Morgan fingerprint density at radius 3 is 2.89 bits per heavy atom. The number of nitro groups is 1. The third-order valence-corrected chi connectivity index (χ3v) is 2.86. The summed E-state index contributed by atoms with van der Waals surface area (Å²) in [5, 5.41) is 11.0. The van der Waals surface area contributed by atoms with Crippen molar-refractivity contribution < 1.29 is 4.92 Å². The van der Waals surface area contributed by atoms with Gasteiger partial charge in [-0.3, -0.25) is 10.1 Å². The minimum absolute atomic E-state index is 0.00138. The predicted octanol–water partition coefficient (Wildman–Crippen LogP) is 3.66. The van der Waals surface area contributed by atoms with Gasteiger partial charge in [-0.1, -0.05) is 31.5 Å². The van der Waals surface area contributed by atoms with Gasteiger partial charge in [-0.25, -0.2) is 9.97 Å². The number of aryl methyl sites for hydroxylation is 1. The van der Waals surface area contributed by atoms with E-state index in [4.69, 9.17) is 11.6 Å². The fourth-order valence-electron chi connectivity index (χ4n) is 1.86. The first-order chi connectivity index (χ1) is 9.11. The normalized spacial score (nSPS) is 10.4. The van der Waals surface area contributed by atoms with Crippen molar-refractivity contribution in [3.05, 3.63) is 51.4 Å². The summed E-state index contributed by atoms with van der Waals surface area (Å²) < 4.78 is 0. The Morgan fingerprint density at radius 1 is 1.42 bits per heavy atom. The third kappa shape index (κ3) is 3.06. The standard InChI is InChI=1S/C13H12ClN3O2/c1-2-4-9-5-3-6-10(7-9)12-11(17(18)19)8-15-13(14)16-12/h3,5-8H,2,4H2,1H3. The SMILES string of the molecule is CCCc1cccc(-c2nc(Cl)ncc2[N+](=O)[O-])c1. The number of benzene rings is 1. The fraction of sp³-hybridized carbons (Fsp3) is 0.231. The number of hydrogen-bond acceptors (Lipinski definition) is 4. The zero-order valence-electron chi connectivity index (χ0n) is 10.3. The van der Waals surface area contributed by atoms with E-state index in [1.165, 1.54) is 0 Å². The van der Waals surface area contributed by atoms with E-state index in [1.807, 2.05) is 18.2 Å². The lowest BCUT2D eigenvalue weighted by Gasteiger charge is -2.05. The van der Waals surface area contributed by atoms with Crippen molar-refractivity contribution >= 4 is 17.3 Å². The Balaban J connectivity index is 2.54. The highest BCUT2D eigenvalue weighted by atomic mass is 35.5. The zero-order chi connectivity index (χ0) is 13.8. The summed E-state index contributed by atoms with van der Waals surface area (Å²) in [5.41, 5.74) is 1.91. The van der Waals surface area contributed by atoms with Crippen molar-refractivity contribution in [3.63, 3.8) is 0 Å². The molecule has 5 nitrogen and oxygen atoms in total. The van der Waals surface area contributed by atoms with Crippen molar-refractivity contribution in [2.75, 3.05) is 0 Å². The molecule has 1 aromatic heterocycles. The topological polar surface area (TPSA) is 68.9 Å². The quantitative estimate of drug-likeness (QED) is 0.486. The van der Waals surface area contributed by atoms with Gasteiger partial charge in [0, 0.05) is 5.56 Å². The molecule has 0 N–H and O–H groups in total. The number of nitrogens with zero attached hydrogens (tertiary/aromatic N) is 3. The molecule has 0 amide bonds. The van der Waals surface area contributed by atoms with E-state index in [0.29, 0.717) is 5.56 Å². The molecule has 2 aromatic rings. The fourth-order valence-corrected chi connectivity index (χ4v) is 2.00. The molecule has 19 heavy (non-hydrogen) atoms. The van der Waals surface area contributed by atoms with Crippen LogP contribution < -0.4 is 0 Å². The second kappa shape index (κ2) is 5.75. The summed E-state index contributed by atoms with van der Waals surface area (Å²) in [7, 11) is 0. The summed E-state index contributed by atoms with van der Waals surface area (Å²) in [5.74, 6) is 0. The monoisotopic (exact) mass is 277 g/mol. The van der Waals surface area contributed by atoms with Crippen molar-refractivity contribution in [1.29, 1.82) is 0 Å². The van der Waals surface area contributed by atoms with Gasteiger partial charge in [0.1, 0.15) is 6.20 Å². The molecular formula is C13H12ClN3O2. The van der Waals surface area contributed by atoms with Gasteiger partial charge < -0.3 is 0 Å². The molecule has 0 radical (unpaired) electrons. The average Bonchev–Trinajstić information content (AvgIpc) is 2.39. The Morgan fingerprint density at radius 2 is 2.21 bits per heavy atom. The number of aromatic nitrogens is 2. The molecule has 0 aliphatic rings. The molecule has 0 bridgehead atoms. The van der Waals surface area contributed by atoms with E-state index >= 15 is 0 Å². The lowest BCUT2D eigenvalue weighted by Crippen LogP contribution is -1.97. The molecule has 0 unspecified atom stereocenters. The van der Waals surface area contributed by atoms with Gasteiger partial charge in [0.25, 0.3) is 0 Å². The predicted molar refractivity (Wildman–Crippen MR) is 73.1 cm³/mol. The molecule has 0 atom stereocenters. The van der Waals surface area contributed by atoms with Crippen molar-refractivity contribution in [2.45, 2.75) is 19.8 Å². The molecule has 1 heterocycles. The van der Waals surface area contributed by atoms with Gasteiger partial charge in [-0.2, -0.15) is 0 Å². The summed E-state index contributed by atoms with van der Waals surface area (Å²) in [6, 6.07) is 7.53. The van der Waals surface area contributed by atoms with Crippen LogP contribution in [0.5, 0.6) is 0 Å². The molecule has 1 aromatic carbocycles. The molecule has 0 saturated carbocycles. The van der Waals surface area contributed by atoms with Gasteiger partial charge in [-0.15, -0.1) is 0 Å². The number of halogens is 1. The minimum Gasteiger partial charge on any atom is -0.258 e. The molecule has 6 heteroatoms. The van der Waals surface area contributed by atoms with Crippen LogP contribution in [-0.2, 0) is 6.42 Å². The van der Waals surface area contributed by atoms with E-state index < -0.39 is 4.92 Å². The van der Waals surface area contributed by atoms with Gasteiger partial charge in [-0.05, 0) is 29.7 Å². The van der Waals surface area contributed by atoms with E-state index in [1.54, 1.807) is 6.07 Å². The van der Waals surface area contributed by atoms with Gasteiger partial charge in [0.05, 0.1) is 4.92 Å². The maximum absolute atomic E-state index is 11.0. The maximum Gasteiger partial charge on any atom is 0.313 e. The maximum atomic E-state index is 11.0. The first-order valence-corrected chi connectivity index (χ1v) is 6.26. The van der Waals surface area contributed by atoms with Gasteiger partial charge in [0.15, 0.2) is 5.69 Å². The Bertz CT molecular complexity index is 617. The minimum atomic E-state index is -0.502. The number of rotatable bonds is 4. The van der Waals surface area contributed by atoms with Crippen LogP contribution in [0.2, 0.25) is 5.28 Å². The Hall–Kier alpha value is -2.01. The molecule has 0 aliphatic heterocycles. The third-order valence-electron chi connectivity index (χ3n) is 2.68. The van der Waals surface area contributed by atoms with E-state index in [-0.39, 0.29) is 16.7 Å². The first kappa shape index (κ1) is 13.4. The van der Waals surface area contributed by atoms with Crippen LogP contribution in [0.3, 0.4) is 0 Å². The second-order valence-corrected chi connectivity index (χ2v) is 4.42. The zero-order valence-corrected chi connectivity index (χ0v) is 11.1. The Kier molecular flexibility index (Phi) is 4.06. The highest BCUT2D eigenvalue weighted by Crippen LogP contribution is 2.28. The van der Waals surface area contributed by atoms with E-state index in [2.05, 4.69) is 16.9 Å². The second-order valence-electron chi connectivity index (χ2n) is 4.08. The summed E-state index contributed by atoms with van der Waals surface area (Å²) in [4.78, 5) is 18.1. The molecule has 0 fully saturated rings. The van der Waals surface area contributed by atoms with E-state index in [0.717, 1.165) is 24.6 Å². The largest absolute Gasteiger partial charge is 0.313 e. The van der Waals surface area contributed by atoms with Crippen LogP contribution >= 0.6 is 11.6 Å².